The number of piperazine rings is 1. The van der Waals surface area contributed by atoms with Crippen LogP contribution in [0.15, 0.2) is 42.7 Å². The number of aromatic amines is 1. The normalized spacial score (nSPS) is 14.5. The van der Waals surface area contributed by atoms with Crippen molar-refractivity contribution in [1.82, 2.24) is 14.9 Å². The molecule has 3 heterocycles. The van der Waals surface area contributed by atoms with Gasteiger partial charge in [-0.1, -0.05) is 6.07 Å². The van der Waals surface area contributed by atoms with Crippen LogP contribution in [0.1, 0.15) is 24.2 Å². The van der Waals surface area contributed by atoms with Gasteiger partial charge < -0.3 is 24.8 Å². The van der Waals surface area contributed by atoms with Crippen LogP contribution in [0.2, 0.25) is 0 Å². The fourth-order valence-electron chi connectivity index (χ4n) is 3.85. The maximum absolute atomic E-state index is 13.2. The highest BCUT2D eigenvalue weighted by molar-refractivity contribution is 6.09. The van der Waals surface area contributed by atoms with Crippen molar-refractivity contribution in [3.63, 3.8) is 0 Å². The van der Waals surface area contributed by atoms with Crippen LogP contribution in [0.3, 0.4) is 0 Å². The molecular weight excluding hydrogens is 366 g/mol. The summed E-state index contributed by atoms with van der Waals surface area (Å²) in [4.78, 5) is 25.1. The fraction of sp³-hybridized carbons (Fsp3) is 0.364. The highest BCUT2D eigenvalue weighted by atomic mass is 16.5. The predicted molar refractivity (Wildman–Crippen MR) is 116 cm³/mol. The lowest BCUT2D eigenvalue weighted by Crippen LogP contribution is -2.49. The van der Waals surface area contributed by atoms with Crippen LogP contribution in [0.4, 0.5) is 11.5 Å². The van der Waals surface area contributed by atoms with Crippen molar-refractivity contribution in [1.29, 1.82) is 0 Å². The number of hydrogen-bond donors (Lipinski definition) is 2. The first-order chi connectivity index (χ1) is 14.1. The van der Waals surface area contributed by atoms with Gasteiger partial charge in [-0.15, -0.1) is 0 Å². The SMILES string of the molecule is COc1cccc2[nH]cc(C(=O)N3CCN(c4ncccc4NC(C)C)CC3)c12. The van der Waals surface area contributed by atoms with Gasteiger partial charge in [0.05, 0.1) is 23.7 Å². The molecule has 1 saturated heterocycles. The lowest BCUT2D eigenvalue weighted by Gasteiger charge is -2.36. The molecule has 1 aliphatic rings. The minimum atomic E-state index is 0.0296. The first kappa shape index (κ1) is 19.1. The zero-order valence-electron chi connectivity index (χ0n) is 17.1. The quantitative estimate of drug-likeness (QED) is 0.695. The van der Waals surface area contributed by atoms with E-state index in [4.69, 9.17) is 4.74 Å². The van der Waals surface area contributed by atoms with Crippen LogP contribution in [0, 0.1) is 0 Å². The van der Waals surface area contributed by atoms with Crippen LogP contribution in [0.25, 0.3) is 10.9 Å². The third-order valence-electron chi connectivity index (χ3n) is 5.22. The molecule has 1 aromatic carbocycles. The number of pyridine rings is 1. The molecule has 4 rings (SSSR count). The van der Waals surface area contributed by atoms with Gasteiger partial charge in [-0.2, -0.15) is 0 Å². The summed E-state index contributed by atoms with van der Waals surface area (Å²) in [6.45, 7) is 7.02. The largest absolute Gasteiger partial charge is 0.496 e. The molecule has 2 N–H and O–H groups in total. The van der Waals surface area contributed by atoms with Crippen molar-refractivity contribution in [2.24, 2.45) is 0 Å². The van der Waals surface area contributed by atoms with E-state index in [1.807, 2.05) is 35.4 Å². The van der Waals surface area contributed by atoms with E-state index in [-0.39, 0.29) is 5.91 Å². The van der Waals surface area contributed by atoms with E-state index in [2.05, 4.69) is 40.1 Å². The van der Waals surface area contributed by atoms with Crippen LogP contribution in [-0.4, -0.2) is 60.1 Å². The molecular formula is C22H27N5O2. The molecule has 0 bridgehead atoms. The average Bonchev–Trinajstić information content (AvgIpc) is 3.18. The number of aromatic nitrogens is 2. The number of carbonyl (C=O) groups excluding carboxylic acids is 1. The zero-order valence-corrected chi connectivity index (χ0v) is 17.1. The van der Waals surface area contributed by atoms with Crippen LogP contribution >= 0.6 is 0 Å². The van der Waals surface area contributed by atoms with Crippen molar-refractivity contribution in [2.45, 2.75) is 19.9 Å². The van der Waals surface area contributed by atoms with E-state index in [0.717, 1.165) is 35.5 Å². The lowest BCUT2D eigenvalue weighted by atomic mass is 10.1. The maximum Gasteiger partial charge on any atom is 0.256 e. The molecule has 3 aromatic rings. The Morgan fingerprint density at radius 1 is 1.17 bits per heavy atom. The Balaban J connectivity index is 1.50. The van der Waals surface area contributed by atoms with Crippen LogP contribution in [0.5, 0.6) is 5.75 Å². The van der Waals surface area contributed by atoms with Crippen LogP contribution in [-0.2, 0) is 0 Å². The average molecular weight is 393 g/mol. The van der Waals surface area contributed by atoms with E-state index in [1.54, 1.807) is 13.3 Å². The third kappa shape index (κ3) is 3.72. The van der Waals surface area contributed by atoms with Gasteiger partial charge in [0, 0.05) is 50.1 Å². The van der Waals surface area contributed by atoms with E-state index in [0.29, 0.717) is 30.4 Å². The van der Waals surface area contributed by atoms with Crippen molar-refractivity contribution < 1.29 is 9.53 Å². The van der Waals surface area contributed by atoms with E-state index in [9.17, 15) is 4.79 Å². The number of methoxy groups -OCH3 is 1. The summed E-state index contributed by atoms with van der Waals surface area (Å²) in [6, 6.07) is 10.1. The molecule has 0 unspecified atom stereocenters. The number of nitrogens with zero attached hydrogens (tertiary/aromatic N) is 3. The molecule has 0 radical (unpaired) electrons. The molecule has 7 heteroatoms. The Bertz CT molecular complexity index is 1010. The van der Waals surface area contributed by atoms with Crippen molar-refractivity contribution >= 4 is 28.3 Å². The minimum absolute atomic E-state index is 0.0296. The Hall–Kier alpha value is -3.22. The number of nitrogens with one attached hydrogen (secondary N) is 2. The number of fused-ring (bicyclic) bond motifs is 1. The van der Waals surface area contributed by atoms with Gasteiger partial charge in [0.1, 0.15) is 5.75 Å². The summed E-state index contributed by atoms with van der Waals surface area (Å²) in [6.07, 6.45) is 3.60. The van der Waals surface area contributed by atoms with Gasteiger partial charge in [-0.3, -0.25) is 4.79 Å². The van der Waals surface area contributed by atoms with Gasteiger partial charge in [-0.25, -0.2) is 4.98 Å². The fourth-order valence-corrected chi connectivity index (χ4v) is 3.85. The molecule has 0 atom stereocenters. The number of hydrogen-bond acceptors (Lipinski definition) is 5. The molecule has 2 aromatic heterocycles. The van der Waals surface area contributed by atoms with Gasteiger partial charge in [0.2, 0.25) is 0 Å². The highest BCUT2D eigenvalue weighted by Crippen LogP contribution is 2.30. The highest BCUT2D eigenvalue weighted by Gasteiger charge is 2.26. The number of ether oxygens (including phenoxy) is 1. The maximum atomic E-state index is 13.2. The van der Waals surface area contributed by atoms with Gasteiger partial charge >= 0.3 is 0 Å². The summed E-state index contributed by atoms with van der Waals surface area (Å²) < 4.78 is 5.47. The van der Waals surface area contributed by atoms with E-state index in [1.165, 1.54) is 0 Å². The van der Waals surface area contributed by atoms with E-state index >= 15 is 0 Å². The topological polar surface area (TPSA) is 73.5 Å². The standard InChI is InChI=1S/C22H27N5O2/c1-15(2)25-18-7-5-9-23-21(18)26-10-12-27(13-11-26)22(28)16-14-24-17-6-4-8-19(29-3)20(16)17/h4-9,14-15,24-25H,10-13H2,1-3H3. The number of rotatable bonds is 5. The van der Waals surface area contributed by atoms with Crippen molar-refractivity contribution in [2.75, 3.05) is 43.5 Å². The Kier molecular flexibility index (Phi) is 5.29. The summed E-state index contributed by atoms with van der Waals surface area (Å²) in [7, 11) is 1.63. The Morgan fingerprint density at radius 3 is 2.69 bits per heavy atom. The van der Waals surface area contributed by atoms with Gasteiger partial charge in [-0.05, 0) is 38.1 Å². The number of amides is 1. The van der Waals surface area contributed by atoms with Crippen LogP contribution < -0.4 is 15.0 Å². The first-order valence-electron chi connectivity index (χ1n) is 9.98. The predicted octanol–water partition coefficient (Wildman–Crippen LogP) is 3.35. The molecule has 7 nitrogen and oxygen atoms in total. The molecule has 1 aliphatic heterocycles. The summed E-state index contributed by atoms with van der Waals surface area (Å²) in [5.41, 5.74) is 2.60. The Labute approximate surface area is 170 Å². The first-order valence-corrected chi connectivity index (χ1v) is 9.98. The third-order valence-corrected chi connectivity index (χ3v) is 5.22. The molecule has 1 amide bonds. The molecule has 0 spiro atoms. The van der Waals surface area contributed by atoms with E-state index < -0.39 is 0 Å². The van der Waals surface area contributed by atoms with Gasteiger partial charge in [0.25, 0.3) is 5.91 Å². The molecule has 1 fully saturated rings. The van der Waals surface area contributed by atoms with Crippen molar-refractivity contribution in [3.05, 3.63) is 48.3 Å². The molecule has 152 valence electrons. The second-order valence-electron chi connectivity index (χ2n) is 7.54. The van der Waals surface area contributed by atoms with Gasteiger partial charge in [0.15, 0.2) is 5.82 Å². The minimum Gasteiger partial charge on any atom is -0.496 e. The monoisotopic (exact) mass is 393 g/mol. The second kappa shape index (κ2) is 8.03. The lowest BCUT2D eigenvalue weighted by molar-refractivity contribution is 0.0748. The summed E-state index contributed by atoms with van der Waals surface area (Å²) >= 11 is 0. The molecule has 0 saturated carbocycles. The molecule has 29 heavy (non-hydrogen) atoms. The summed E-state index contributed by atoms with van der Waals surface area (Å²) in [5.74, 6) is 1.69. The number of carbonyl (C=O) groups is 1. The molecule has 0 aliphatic carbocycles. The smallest absolute Gasteiger partial charge is 0.256 e. The number of anilines is 2. The number of benzene rings is 1. The number of H-pyrrole nitrogens is 1. The van der Waals surface area contributed by atoms with Crippen molar-refractivity contribution in [3.8, 4) is 5.75 Å². The summed E-state index contributed by atoms with van der Waals surface area (Å²) in [5, 5.41) is 4.30. The zero-order chi connectivity index (χ0) is 20.4. The second-order valence-corrected chi connectivity index (χ2v) is 7.54. The Morgan fingerprint density at radius 2 is 1.97 bits per heavy atom.